The van der Waals surface area contributed by atoms with Crippen LogP contribution in [0.3, 0.4) is 0 Å². The van der Waals surface area contributed by atoms with E-state index in [0.717, 1.165) is 37.4 Å². The normalized spacial score (nSPS) is 12.3. The maximum Gasteiger partial charge on any atom is 0.262 e. The molecule has 0 aliphatic rings. The van der Waals surface area contributed by atoms with Gasteiger partial charge in [-0.15, -0.1) is 0 Å². The Bertz CT molecular complexity index is 954. The number of hydrogen-bond donors (Lipinski definition) is 2. The van der Waals surface area contributed by atoms with E-state index in [2.05, 4.69) is 20.5 Å². The maximum absolute atomic E-state index is 13.3. The number of ether oxygens (including phenoxy) is 1. The second kappa shape index (κ2) is 14.0. The van der Waals surface area contributed by atoms with E-state index in [1.54, 1.807) is 0 Å². The highest BCUT2D eigenvalue weighted by Gasteiger charge is 2.17. The third kappa shape index (κ3) is 9.39. The lowest BCUT2D eigenvalue weighted by Crippen LogP contribution is -2.29. The quantitative estimate of drug-likeness (QED) is 0.209. The van der Waals surface area contributed by atoms with E-state index in [0.29, 0.717) is 13.0 Å². The lowest BCUT2D eigenvalue weighted by atomic mass is 10.0. The van der Waals surface area contributed by atoms with Crippen molar-refractivity contribution < 1.29 is 13.9 Å². The van der Waals surface area contributed by atoms with E-state index in [1.807, 2.05) is 51.4 Å². The first-order valence-electron chi connectivity index (χ1n) is 11.1. The molecule has 0 saturated heterocycles. The molecule has 1 unspecified atom stereocenters. The van der Waals surface area contributed by atoms with Crippen molar-refractivity contribution in [1.82, 2.24) is 20.5 Å². The number of rotatable bonds is 13. The molecule has 7 nitrogen and oxygen atoms in total. The van der Waals surface area contributed by atoms with Gasteiger partial charge in [0.2, 0.25) is 5.95 Å². The highest BCUT2D eigenvalue weighted by molar-refractivity contribution is 6.01. The average molecular weight is 454 g/mol. The van der Waals surface area contributed by atoms with Gasteiger partial charge >= 0.3 is 0 Å². The van der Waals surface area contributed by atoms with Crippen LogP contribution in [-0.4, -0.2) is 56.1 Å². The van der Waals surface area contributed by atoms with Crippen molar-refractivity contribution in [2.45, 2.75) is 25.8 Å². The Morgan fingerprint density at radius 2 is 2.00 bits per heavy atom. The van der Waals surface area contributed by atoms with Gasteiger partial charge in [-0.25, -0.2) is 4.98 Å². The second-order valence-electron chi connectivity index (χ2n) is 7.84. The molecular formula is C25H32FN5O2. The molecule has 0 radical (unpaired) electrons. The number of carbonyl (C=O) groups is 1. The number of halogens is 1. The van der Waals surface area contributed by atoms with Gasteiger partial charge in [-0.1, -0.05) is 31.5 Å². The summed E-state index contributed by atoms with van der Waals surface area (Å²) in [7, 11) is 4.07. The number of nitrogens with one attached hydrogen (secondary N) is 2. The van der Waals surface area contributed by atoms with Gasteiger partial charge in [0.25, 0.3) is 5.91 Å². The summed E-state index contributed by atoms with van der Waals surface area (Å²) in [5.41, 5.74) is 1.00. The van der Waals surface area contributed by atoms with Gasteiger partial charge in [-0.3, -0.25) is 4.79 Å². The number of nitriles is 1. The van der Waals surface area contributed by atoms with Crippen LogP contribution >= 0.6 is 0 Å². The number of carbonyl (C=O) groups excluding carboxylic acids is 1. The SMILES string of the molecule is CCCC(NC(=O)C(C#N)=Cc1cccc(F)n1)c1ccc(OCCNCCN(C)C)cc1. The topological polar surface area (TPSA) is 90.3 Å². The van der Waals surface area contributed by atoms with Gasteiger partial charge in [-0.2, -0.15) is 9.65 Å². The van der Waals surface area contributed by atoms with Crippen LogP contribution in [-0.2, 0) is 4.79 Å². The molecule has 1 heterocycles. The van der Waals surface area contributed by atoms with E-state index >= 15 is 0 Å². The standard InChI is InChI=1S/C25H32FN5O2/c1-4-6-23(30-25(32)20(18-27)17-21-7-5-8-24(26)29-21)19-9-11-22(12-10-19)33-16-14-28-13-15-31(2)3/h5,7-12,17,23,28H,4,6,13-16H2,1-3H3,(H,30,32). The van der Waals surface area contributed by atoms with Crippen LogP contribution < -0.4 is 15.4 Å². The van der Waals surface area contributed by atoms with Crippen molar-refractivity contribution in [1.29, 1.82) is 5.26 Å². The molecular weight excluding hydrogens is 421 g/mol. The molecule has 1 aromatic heterocycles. The summed E-state index contributed by atoms with van der Waals surface area (Å²) in [6.45, 7) is 5.22. The molecule has 8 heteroatoms. The molecule has 0 spiro atoms. The molecule has 2 rings (SSSR count). The summed E-state index contributed by atoms with van der Waals surface area (Å²) in [4.78, 5) is 18.5. The number of hydrogen-bond acceptors (Lipinski definition) is 6. The first-order chi connectivity index (χ1) is 15.9. The van der Waals surface area contributed by atoms with Crippen LogP contribution in [0.1, 0.15) is 37.1 Å². The average Bonchev–Trinajstić information content (AvgIpc) is 2.79. The molecule has 0 saturated carbocycles. The Hall–Kier alpha value is -3.28. The summed E-state index contributed by atoms with van der Waals surface area (Å²) in [6, 6.07) is 13.4. The minimum atomic E-state index is -0.669. The highest BCUT2D eigenvalue weighted by atomic mass is 19.1. The number of nitrogens with zero attached hydrogens (tertiary/aromatic N) is 3. The van der Waals surface area contributed by atoms with Crippen LogP contribution in [0.4, 0.5) is 4.39 Å². The largest absolute Gasteiger partial charge is 0.492 e. The number of aromatic nitrogens is 1. The summed E-state index contributed by atoms with van der Waals surface area (Å²) in [5.74, 6) is -0.437. The van der Waals surface area contributed by atoms with E-state index < -0.39 is 11.9 Å². The van der Waals surface area contributed by atoms with Crippen LogP contribution in [0.5, 0.6) is 5.75 Å². The predicted molar refractivity (Wildman–Crippen MR) is 127 cm³/mol. The van der Waals surface area contributed by atoms with E-state index in [9.17, 15) is 14.4 Å². The number of benzene rings is 1. The molecule has 1 atom stereocenters. The van der Waals surface area contributed by atoms with Crippen molar-refractivity contribution in [3.63, 3.8) is 0 Å². The fraction of sp³-hybridized carbons (Fsp3) is 0.400. The molecule has 1 amide bonds. The molecule has 2 aromatic rings. The van der Waals surface area contributed by atoms with Gasteiger partial charge in [-0.05, 0) is 56.4 Å². The summed E-state index contributed by atoms with van der Waals surface area (Å²) in [6.07, 6.45) is 2.84. The Labute approximate surface area is 195 Å². The summed E-state index contributed by atoms with van der Waals surface area (Å²) < 4.78 is 19.1. The van der Waals surface area contributed by atoms with Crippen molar-refractivity contribution >= 4 is 12.0 Å². The monoisotopic (exact) mass is 453 g/mol. The molecule has 33 heavy (non-hydrogen) atoms. The van der Waals surface area contributed by atoms with Gasteiger partial charge < -0.3 is 20.3 Å². The van der Waals surface area contributed by atoms with Crippen molar-refractivity contribution in [2.24, 2.45) is 0 Å². The lowest BCUT2D eigenvalue weighted by Gasteiger charge is -2.19. The second-order valence-corrected chi connectivity index (χ2v) is 7.84. The fourth-order valence-corrected chi connectivity index (χ4v) is 3.11. The Balaban J connectivity index is 1.97. The molecule has 0 bridgehead atoms. The summed E-state index contributed by atoms with van der Waals surface area (Å²) in [5, 5.41) is 15.6. The smallest absolute Gasteiger partial charge is 0.262 e. The minimum Gasteiger partial charge on any atom is -0.492 e. The van der Waals surface area contributed by atoms with Crippen molar-refractivity contribution in [3.05, 3.63) is 65.2 Å². The Morgan fingerprint density at radius 3 is 2.64 bits per heavy atom. The lowest BCUT2D eigenvalue weighted by molar-refractivity contribution is -0.117. The van der Waals surface area contributed by atoms with Gasteiger partial charge in [0.05, 0.1) is 11.7 Å². The first kappa shape index (κ1) is 26.0. The zero-order valence-corrected chi connectivity index (χ0v) is 19.5. The van der Waals surface area contributed by atoms with Crippen molar-refractivity contribution in [3.8, 4) is 11.8 Å². The zero-order valence-electron chi connectivity index (χ0n) is 19.5. The van der Waals surface area contributed by atoms with Crippen LogP contribution in [0.2, 0.25) is 0 Å². The van der Waals surface area contributed by atoms with E-state index in [1.165, 1.54) is 24.3 Å². The zero-order chi connectivity index (χ0) is 24.1. The number of amides is 1. The third-order valence-electron chi connectivity index (χ3n) is 4.84. The fourth-order valence-electron chi connectivity index (χ4n) is 3.11. The van der Waals surface area contributed by atoms with Crippen LogP contribution in [0.25, 0.3) is 6.08 Å². The maximum atomic E-state index is 13.3. The summed E-state index contributed by atoms with van der Waals surface area (Å²) >= 11 is 0. The number of pyridine rings is 1. The number of likely N-dealkylation sites (N-methyl/N-ethyl adjacent to an activating group) is 1. The minimum absolute atomic E-state index is 0.129. The van der Waals surface area contributed by atoms with Crippen LogP contribution in [0, 0.1) is 17.3 Å². The van der Waals surface area contributed by atoms with Gasteiger partial charge in [0.15, 0.2) is 0 Å². The molecule has 1 aromatic carbocycles. The molecule has 0 aliphatic carbocycles. The van der Waals surface area contributed by atoms with Crippen LogP contribution in [0.15, 0.2) is 48.0 Å². The van der Waals surface area contributed by atoms with Crippen molar-refractivity contribution in [2.75, 3.05) is 40.3 Å². The first-order valence-corrected chi connectivity index (χ1v) is 11.1. The predicted octanol–water partition coefficient (Wildman–Crippen LogP) is 3.32. The molecule has 176 valence electrons. The van der Waals surface area contributed by atoms with E-state index in [-0.39, 0.29) is 17.3 Å². The highest BCUT2D eigenvalue weighted by Crippen LogP contribution is 2.22. The molecule has 0 fully saturated rings. The van der Waals surface area contributed by atoms with Gasteiger partial charge in [0.1, 0.15) is 24.0 Å². The van der Waals surface area contributed by atoms with Gasteiger partial charge in [0, 0.05) is 19.6 Å². The molecule has 2 N–H and O–H groups in total. The third-order valence-corrected chi connectivity index (χ3v) is 4.84. The Morgan fingerprint density at radius 1 is 1.24 bits per heavy atom. The Kier molecular flexibility index (Phi) is 11.0. The van der Waals surface area contributed by atoms with E-state index in [4.69, 9.17) is 4.74 Å². The molecule has 0 aliphatic heterocycles.